The molecular formula is C14H18N2O5. The second-order valence-corrected chi connectivity index (χ2v) is 4.43. The van der Waals surface area contributed by atoms with Gasteiger partial charge in [0.1, 0.15) is 6.04 Å². The van der Waals surface area contributed by atoms with E-state index in [4.69, 9.17) is 9.84 Å². The summed E-state index contributed by atoms with van der Waals surface area (Å²) in [6.45, 7) is 1.63. The van der Waals surface area contributed by atoms with Gasteiger partial charge in [0.2, 0.25) is 11.8 Å². The van der Waals surface area contributed by atoms with Crippen molar-refractivity contribution in [1.29, 1.82) is 0 Å². The van der Waals surface area contributed by atoms with Crippen LogP contribution in [0.1, 0.15) is 22.8 Å². The molecule has 21 heavy (non-hydrogen) atoms. The standard InChI is InChI=1S/C14H18N2O5/c1-9(17)16-12(8-21-2)13(18)15-7-10-3-5-11(6-4-10)14(19)20/h3-6,12H,7-8H2,1-2H3,(H,15,18)(H,16,17)(H,19,20)/t12-/m1/s1. The molecule has 7 heteroatoms. The average molecular weight is 294 g/mol. The summed E-state index contributed by atoms with van der Waals surface area (Å²) in [6, 6.07) is 5.40. The van der Waals surface area contributed by atoms with Gasteiger partial charge < -0.3 is 20.5 Å². The predicted octanol–water partition coefficient (Wildman–Crippen LogP) is 0.152. The molecule has 0 bridgehead atoms. The van der Waals surface area contributed by atoms with E-state index >= 15 is 0 Å². The lowest BCUT2D eigenvalue weighted by Gasteiger charge is -2.16. The Kier molecular flexibility index (Phi) is 6.35. The van der Waals surface area contributed by atoms with Crippen molar-refractivity contribution in [1.82, 2.24) is 10.6 Å². The van der Waals surface area contributed by atoms with Crippen molar-refractivity contribution < 1.29 is 24.2 Å². The zero-order valence-corrected chi connectivity index (χ0v) is 11.9. The summed E-state index contributed by atoms with van der Waals surface area (Å²) in [5, 5.41) is 13.9. The van der Waals surface area contributed by atoms with Crippen molar-refractivity contribution >= 4 is 17.8 Å². The maximum absolute atomic E-state index is 11.9. The lowest BCUT2D eigenvalue weighted by molar-refractivity contribution is -0.129. The van der Waals surface area contributed by atoms with Crippen molar-refractivity contribution in [3.05, 3.63) is 35.4 Å². The summed E-state index contributed by atoms with van der Waals surface area (Å²) in [6.07, 6.45) is 0. The van der Waals surface area contributed by atoms with E-state index in [0.29, 0.717) is 0 Å². The van der Waals surface area contributed by atoms with Crippen LogP contribution >= 0.6 is 0 Å². The minimum Gasteiger partial charge on any atom is -0.478 e. The third kappa shape index (κ3) is 5.62. The van der Waals surface area contributed by atoms with Gasteiger partial charge in [-0.25, -0.2) is 4.79 Å². The number of rotatable bonds is 7. The van der Waals surface area contributed by atoms with Crippen LogP contribution in [0.15, 0.2) is 24.3 Å². The normalized spacial score (nSPS) is 11.5. The van der Waals surface area contributed by atoms with Gasteiger partial charge in [-0.2, -0.15) is 0 Å². The molecule has 0 aliphatic heterocycles. The molecule has 1 aromatic rings. The second kappa shape index (κ2) is 8.01. The van der Waals surface area contributed by atoms with Crippen molar-refractivity contribution in [3.8, 4) is 0 Å². The molecule has 7 nitrogen and oxygen atoms in total. The third-order valence-corrected chi connectivity index (χ3v) is 2.69. The number of hydrogen-bond donors (Lipinski definition) is 3. The first-order chi connectivity index (χ1) is 9.93. The van der Waals surface area contributed by atoms with Crippen LogP contribution in [-0.4, -0.2) is 42.6 Å². The largest absolute Gasteiger partial charge is 0.478 e. The maximum atomic E-state index is 11.9. The number of amides is 2. The van der Waals surface area contributed by atoms with Gasteiger partial charge in [-0.1, -0.05) is 12.1 Å². The van der Waals surface area contributed by atoms with E-state index in [1.54, 1.807) is 12.1 Å². The molecule has 0 saturated carbocycles. The Balaban J connectivity index is 2.57. The number of benzene rings is 1. The number of aromatic carboxylic acids is 1. The van der Waals surface area contributed by atoms with Gasteiger partial charge in [-0.3, -0.25) is 9.59 Å². The molecule has 0 unspecified atom stereocenters. The molecule has 1 atom stereocenters. The molecule has 2 amide bonds. The Hall–Kier alpha value is -2.41. The second-order valence-electron chi connectivity index (χ2n) is 4.43. The highest BCUT2D eigenvalue weighted by Crippen LogP contribution is 2.04. The van der Waals surface area contributed by atoms with Gasteiger partial charge in [-0.05, 0) is 17.7 Å². The summed E-state index contributed by atoms with van der Waals surface area (Å²) in [4.78, 5) is 33.6. The minimum atomic E-state index is -1.00. The molecule has 1 aromatic carbocycles. The quantitative estimate of drug-likeness (QED) is 0.664. The van der Waals surface area contributed by atoms with Crippen LogP contribution in [0.3, 0.4) is 0 Å². The molecule has 0 radical (unpaired) electrons. The minimum absolute atomic E-state index is 0.0728. The fourth-order valence-corrected chi connectivity index (χ4v) is 1.67. The van der Waals surface area contributed by atoms with Crippen LogP contribution in [0.2, 0.25) is 0 Å². The first-order valence-electron chi connectivity index (χ1n) is 6.30. The summed E-state index contributed by atoms with van der Waals surface area (Å²) < 4.78 is 4.88. The molecule has 0 spiro atoms. The lowest BCUT2D eigenvalue weighted by atomic mass is 10.1. The first-order valence-corrected chi connectivity index (χ1v) is 6.30. The zero-order valence-electron chi connectivity index (χ0n) is 11.9. The van der Waals surface area contributed by atoms with Crippen LogP contribution < -0.4 is 10.6 Å². The van der Waals surface area contributed by atoms with E-state index in [1.807, 2.05) is 0 Å². The number of carbonyl (C=O) groups is 3. The fourth-order valence-electron chi connectivity index (χ4n) is 1.67. The number of carboxylic acids is 1. The van der Waals surface area contributed by atoms with Gasteiger partial charge in [0.25, 0.3) is 0 Å². The molecule has 0 aliphatic rings. The van der Waals surface area contributed by atoms with Gasteiger partial charge in [-0.15, -0.1) is 0 Å². The highest BCUT2D eigenvalue weighted by atomic mass is 16.5. The zero-order chi connectivity index (χ0) is 15.8. The summed E-state index contributed by atoms with van der Waals surface area (Å²) in [7, 11) is 1.44. The molecular weight excluding hydrogens is 276 g/mol. The van der Waals surface area contributed by atoms with E-state index in [0.717, 1.165) is 5.56 Å². The van der Waals surface area contributed by atoms with Gasteiger partial charge in [0, 0.05) is 20.6 Å². The van der Waals surface area contributed by atoms with Crippen molar-refractivity contribution in [3.63, 3.8) is 0 Å². The molecule has 0 fully saturated rings. The van der Waals surface area contributed by atoms with Crippen molar-refractivity contribution in [2.75, 3.05) is 13.7 Å². The highest BCUT2D eigenvalue weighted by Gasteiger charge is 2.18. The molecule has 3 N–H and O–H groups in total. The molecule has 0 aromatic heterocycles. The Morgan fingerprint density at radius 1 is 1.24 bits per heavy atom. The smallest absolute Gasteiger partial charge is 0.335 e. The highest BCUT2D eigenvalue weighted by molar-refractivity contribution is 5.88. The van der Waals surface area contributed by atoms with Crippen LogP contribution in [-0.2, 0) is 20.9 Å². The fraction of sp³-hybridized carbons (Fsp3) is 0.357. The average Bonchev–Trinajstić information content (AvgIpc) is 2.44. The Morgan fingerprint density at radius 3 is 2.33 bits per heavy atom. The Bertz CT molecular complexity index is 513. The Morgan fingerprint density at radius 2 is 1.86 bits per heavy atom. The van der Waals surface area contributed by atoms with Gasteiger partial charge in [0.05, 0.1) is 12.2 Å². The monoisotopic (exact) mass is 294 g/mol. The van der Waals surface area contributed by atoms with E-state index < -0.39 is 12.0 Å². The van der Waals surface area contributed by atoms with Gasteiger partial charge in [0.15, 0.2) is 0 Å². The molecule has 0 aliphatic carbocycles. The number of methoxy groups -OCH3 is 1. The third-order valence-electron chi connectivity index (χ3n) is 2.69. The number of carbonyl (C=O) groups excluding carboxylic acids is 2. The SMILES string of the molecule is COC[C@@H](NC(C)=O)C(=O)NCc1ccc(C(=O)O)cc1. The van der Waals surface area contributed by atoms with Crippen LogP contribution in [0.25, 0.3) is 0 Å². The Labute approximate surface area is 122 Å². The molecule has 0 saturated heterocycles. The van der Waals surface area contributed by atoms with Crippen molar-refractivity contribution in [2.45, 2.75) is 19.5 Å². The van der Waals surface area contributed by atoms with Gasteiger partial charge >= 0.3 is 5.97 Å². The predicted molar refractivity (Wildman–Crippen MR) is 74.7 cm³/mol. The lowest BCUT2D eigenvalue weighted by Crippen LogP contribution is -2.48. The van der Waals surface area contributed by atoms with E-state index in [1.165, 1.54) is 26.2 Å². The number of ether oxygens (including phenoxy) is 1. The van der Waals surface area contributed by atoms with E-state index in [2.05, 4.69) is 10.6 Å². The maximum Gasteiger partial charge on any atom is 0.335 e. The summed E-state index contributed by atoms with van der Waals surface area (Å²) >= 11 is 0. The van der Waals surface area contributed by atoms with Crippen LogP contribution in [0.4, 0.5) is 0 Å². The van der Waals surface area contributed by atoms with Crippen LogP contribution in [0, 0.1) is 0 Å². The van der Waals surface area contributed by atoms with Crippen molar-refractivity contribution in [2.24, 2.45) is 0 Å². The first kappa shape index (κ1) is 16.6. The summed E-state index contributed by atoms with van der Waals surface area (Å²) in [5.74, 6) is -1.69. The van der Waals surface area contributed by atoms with E-state index in [9.17, 15) is 14.4 Å². The molecule has 1 rings (SSSR count). The summed E-state index contributed by atoms with van der Waals surface area (Å²) in [5.41, 5.74) is 0.938. The number of carboxylic acid groups (broad SMARTS) is 1. The topological polar surface area (TPSA) is 105 Å². The number of nitrogens with one attached hydrogen (secondary N) is 2. The molecule has 114 valence electrons. The van der Waals surface area contributed by atoms with Crippen LogP contribution in [0.5, 0.6) is 0 Å². The number of hydrogen-bond acceptors (Lipinski definition) is 4. The molecule has 0 heterocycles. The van der Waals surface area contributed by atoms with E-state index in [-0.39, 0.29) is 30.5 Å².